The Morgan fingerprint density at radius 1 is 1.44 bits per heavy atom. The zero-order valence-electron chi connectivity index (χ0n) is 9.29. The minimum atomic E-state index is -0.402. The molecule has 0 aliphatic heterocycles. The van der Waals surface area contributed by atoms with Crippen LogP contribution >= 0.6 is 23.4 Å². The number of halogens is 1. The van der Waals surface area contributed by atoms with Crippen molar-refractivity contribution in [1.82, 2.24) is 10.6 Å². The van der Waals surface area contributed by atoms with Crippen molar-refractivity contribution < 1.29 is 9.59 Å². The maximum Gasteiger partial charge on any atom is 0.321 e. The van der Waals surface area contributed by atoms with Crippen LogP contribution in [-0.2, 0) is 4.79 Å². The van der Waals surface area contributed by atoms with Crippen LogP contribution in [0.4, 0.5) is 4.79 Å². The normalized spacial score (nSPS) is 24.1. The molecule has 1 rings (SSSR count). The van der Waals surface area contributed by atoms with Crippen LogP contribution in [0.3, 0.4) is 0 Å². The van der Waals surface area contributed by atoms with Gasteiger partial charge in [-0.25, -0.2) is 4.79 Å². The van der Waals surface area contributed by atoms with Crippen molar-refractivity contribution in [3.63, 3.8) is 0 Å². The first kappa shape index (κ1) is 13.6. The highest BCUT2D eigenvalue weighted by Gasteiger charge is 2.27. The van der Waals surface area contributed by atoms with Crippen LogP contribution in [0.2, 0.25) is 0 Å². The Balaban J connectivity index is 2.30. The SMILES string of the molecule is CSC1CCCC1NC(=O)NC(=O)CCCl. The highest BCUT2D eigenvalue weighted by molar-refractivity contribution is 7.99. The van der Waals surface area contributed by atoms with E-state index in [1.807, 2.05) is 6.26 Å². The summed E-state index contributed by atoms with van der Waals surface area (Å²) in [6, 6.07) is -0.222. The molecule has 6 heteroatoms. The first-order valence-corrected chi connectivity index (χ1v) is 7.18. The first-order valence-electron chi connectivity index (χ1n) is 5.36. The van der Waals surface area contributed by atoms with Gasteiger partial charge in [-0.3, -0.25) is 10.1 Å². The third-order valence-electron chi connectivity index (χ3n) is 2.65. The molecule has 0 radical (unpaired) electrons. The molecule has 1 fully saturated rings. The number of alkyl halides is 1. The van der Waals surface area contributed by atoms with Gasteiger partial charge in [-0.05, 0) is 19.1 Å². The maximum absolute atomic E-state index is 11.5. The summed E-state index contributed by atoms with van der Waals surface area (Å²) in [7, 11) is 0. The van der Waals surface area contributed by atoms with E-state index in [2.05, 4.69) is 10.6 Å². The van der Waals surface area contributed by atoms with Crippen LogP contribution in [0.5, 0.6) is 0 Å². The van der Waals surface area contributed by atoms with Gasteiger partial charge in [0.25, 0.3) is 0 Å². The molecule has 0 saturated heterocycles. The standard InChI is InChI=1S/C10H17ClN2O2S/c1-16-8-4-2-3-7(8)12-10(15)13-9(14)5-6-11/h7-8H,2-6H2,1H3,(H2,12,13,14,15). The van der Waals surface area contributed by atoms with E-state index in [-0.39, 0.29) is 24.2 Å². The maximum atomic E-state index is 11.5. The average molecular weight is 265 g/mol. The molecule has 0 aromatic heterocycles. The fraction of sp³-hybridized carbons (Fsp3) is 0.800. The molecule has 92 valence electrons. The summed E-state index contributed by atoms with van der Waals surface area (Å²) in [6.07, 6.45) is 5.46. The molecule has 1 aliphatic carbocycles. The summed E-state index contributed by atoms with van der Waals surface area (Å²) in [5.41, 5.74) is 0. The summed E-state index contributed by atoms with van der Waals surface area (Å²) < 4.78 is 0. The van der Waals surface area contributed by atoms with Crippen LogP contribution < -0.4 is 10.6 Å². The molecule has 1 aliphatic rings. The Morgan fingerprint density at radius 2 is 2.19 bits per heavy atom. The molecule has 0 aromatic rings. The topological polar surface area (TPSA) is 58.2 Å². The first-order chi connectivity index (χ1) is 7.67. The fourth-order valence-corrected chi connectivity index (χ4v) is 2.96. The summed E-state index contributed by atoms with van der Waals surface area (Å²) in [4.78, 5) is 22.6. The predicted octanol–water partition coefficient (Wildman–Crippen LogP) is 1.73. The van der Waals surface area contributed by atoms with E-state index in [1.165, 1.54) is 0 Å². The zero-order valence-corrected chi connectivity index (χ0v) is 10.9. The Bertz CT molecular complexity index is 263. The Morgan fingerprint density at radius 3 is 2.81 bits per heavy atom. The van der Waals surface area contributed by atoms with Crippen LogP contribution in [0.25, 0.3) is 0 Å². The number of imide groups is 1. The van der Waals surface area contributed by atoms with Gasteiger partial charge < -0.3 is 5.32 Å². The van der Waals surface area contributed by atoms with Gasteiger partial charge in [0, 0.05) is 23.6 Å². The minimum Gasteiger partial charge on any atom is -0.334 e. The molecule has 0 heterocycles. The Labute approximate surface area is 105 Å². The van der Waals surface area contributed by atoms with Crippen molar-refractivity contribution in [2.75, 3.05) is 12.1 Å². The van der Waals surface area contributed by atoms with E-state index in [9.17, 15) is 9.59 Å². The molecule has 4 nitrogen and oxygen atoms in total. The van der Waals surface area contributed by atoms with E-state index in [1.54, 1.807) is 11.8 Å². The van der Waals surface area contributed by atoms with Crippen LogP contribution in [0.1, 0.15) is 25.7 Å². The van der Waals surface area contributed by atoms with Crippen LogP contribution in [-0.4, -0.2) is 35.4 Å². The molecule has 2 unspecified atom stereocenters. The minimum absolute atomic E-state index is 0.172. The molecular formula is C10H17ClN2O2S. The molecule has 3 amide bonds. The van der Waals surface area contributed by atoms with Crippen molar-refractivity contribution >= 4 is 35.3 Å². The van der Waals surface area contributed by atoms with Crippen molar-refractivity contribution in [3.05, 3.63) is 0 Å². The third-order valence-corrected chi connectivity index (χ3v) is 4.01. The van der Waals surface area contributed by atoms with E-state index in [0.717, 1.165) is 19.3 Å². The van der Waals surface area contributed by atoms with Gasteiger partial charge in [0.15, 0.2) is 0 Å². The van der Waals surface area contributed by atoms with Gasteiger partial charge in [0.05, 0.1) is 0 Å². The lowest BCUT2D eigenvalue weighted by atomic mass is 10.2. The summed E-state index contributed by atoms with van der Waals surface area (Å²) in [6.45, 7) is 0. The predicted molar refractivity (Wildman–Crippen MR) is 67.0 cm³/mol. The largest absolute Gasteiger partial charge is 0.334 e. The van der Waals surface area contributed by atoms with E-state index in [0.29, 0.717) is 5.25 Å². The second kappa shape index (κ2) is 7.01. The lowest BCUT2D eigenvalue weighted by Gasteiger charge is -2.18. The monoisotopic (exact) mass is 264 g/mol. The van der Waals surface area contributed by atoms with Crippen molar-refractivity contribution in [1.29, 1.82) is 0 Å². The number of rotatable bonds is 4. The zero-order chi connectivity index (χ0) is 12.0. The molecule has 2 N–H and O–H groups in total. The van der Waals surface area contributed by atoms with E-state index in [4.69, 9.17) is 11.6 Å². The lowest BCUT2D eigenvalue weighted by molar-refractivity contribution is -0.119. The van der Waals surface area contributed by atoms with E-state index >= 15 is 0 Å². The van der Waals surface area contributed by atoms with Crippen molar-refractivity contribution in [2.24, 2.45) is 0 Å². The van der Waals surface area contributed by atoms with Crippen LogP contribution in [0.15, 0.2) is 0 Å². The summed E-state index contributed by atoms with van der Waals surface area (Å²) in [5.74, 6) is -0.0955. The van der Waals surface area contributed by atoms with Crippen molar-refractivity contribution in [3.8, 4) is 0 Å². The van der Waals surface area contributed by atoms with E-state index < -0.39 is 6.03 Å². The highest BCUT2D eigenvalue weighted by atomic mass is 35.5. The number of carbonyl (C=O) groups excluding carboxylic acids is 2. The second-order valence-electron chi connectivity index (χ2n) is 3.77. The number of nitrogens with one attached hydrogen (secondary N) is 2. The number of hydrogen-bond acceptors (Lipinski definition) is 3. The molecule has 0 bridgehead atoms. The number of carbonyl (C=O) groups is 2. The third kappa shape index (κ3) is 4.22. The van der Waals surface area contributed by atoms with Crippen LogP contribution in [0, 0.1) is 0 Å². The lowest BCUT2D eigenvalue weighted by Crippen LogP contribution is -2.46. The number of urea groups is 1. The second-order valence-corrected chi connectivity index (χ2v) is 5.23. The fourth-order valence-electron chi connectivity index (χ4n) is 1.85. The van der Waals surface area contributed by atoms with Gasteiger partial charge in [0.1, 0.15) is 0 Å². The molecule has 16 heavy (non-hydrogen) atoms. The van der Waals surface area contributed by atoms with Crippen molar-refractivity contribution in [2.45, 2.75) is 37.0 Å². The van der Waals surface area contributed by atoms with Gasteiger partial charge in [-0.1, -0.05) is 6.42 Å². The average Bonchev–Trinajstić information content (AvgIpc) is 2.65. The summed E-state index contributed by atoms with van der Waals surface area (Å²) >= 11 is 7.16. The van der Waals surface area contributed by atoms with Gasteiger partial charge >= 0.3 is 6.03 Å². The quantitative estimate of drug-likeness (QED) is 0.761. The molecule has 0 aromatic carbocycles. The molecule has 1 saturated carbocycles. The van der Waals surface area contributed by atoms with Gasteiger partial charge in [-0.15, -0.1) is 11.6 Å². The van der Waals surface area contributed by atoms with Gasteiger partial charge in [0.2, 0.25) is 5.91 Å². The molecular weight excluding hydrogens is 248 g/mol. The number of thioether (sulfide) groups is 1. The smallest absolute Gasteiger partial charge is 0.321 e. The molecule has 0 spiro atoms. The highest BCUT2D eigenvalue weighted by Crippen LogP contribution is 2.28. The Kier molecular flexibility index (Phi) is 5.98. The number of hydrogen-bond donors (Lipinski definition) is 2. The Hall–Kier alpha value is -0.420. The molecule has 2 atom stereocenters. The van der Waals surface area contributed by atoms with Gasteiger partial charge in [-0.2, -0.15) is 11.8 Å². The summed E-state index contributed by atoms with van der Waals surface area (Å²) in [5, 5.41) is 5.57. The number of amides is 3.